The molecule has 1 aromatic carbocycles. The number of fused-ring (bicyclic) bond motifs is 3. The van der Waals surface area contributed by atoms with E-state index in [0.29, 0.717) is 11.3 Å². The topological polar surface area (TPSA) is 38.9 Å². The quantitative estimate of drug-likeness (QED) is 0.437. The lowest BCUT2D eigenvalue weighted by molar-refractivity contribution is 0.411. The molecule has 0 fully saturated rings. The first-order valence-corrected chi connectivity index (χ1v) is 8.34. The highest BCUT2D eigenvalue weighted by molar-refractivity contribution is 6.08. The number of para-hydroxylation sites is 1. The normalized spacial score (nSPS) is 12.2. The molecule has 0 saturated heterocycles. The summed E-state index contributed by atoms with van der Waals surface area (Å²) in [6.07, 6.45) is 2.79. The van der Waals surface area contributed by atoms with Gasteiger partial charge in [0.25, 0.3) is 0 Å². The molecule has 3 aromatic heterocycles. The summed E-state index contributed by atoms with van der Waals surface area (Å²) in [6, 6.07) is 13.1. The molecule has 0 aliphatic heterocycles. The minimum atomic E-state index is -0.543. The number of hydrogen-bond donors (Lipinski definition) is 0. The average Bonchev–Trinajstić information content (AvgIpc) is 2.90. The molecule has 4 heteroatoms. The largest absolute Gasteiger partial charge is 0.437 e. The van der Waals surface area contributed by atoms with Crippen molar-refractivity contribution in [1.82, 2.24) is 9.97 Å². The van der Waals surface area contributed by atoms with Gasteiger partial charge in [0.2, 0.25) is 11.7 Å². The Morgan fingerprint density at radius 3 is 2.68 bits per heavy atom. The van der Waals surface area contributed by atoms with Crippen LogP contribution >= 0.6 is 0 Å². The molecule has 0 bridgehead atoms. The van der Waals surface area contributed by atoms with Gasteiger partial charge in [0.15, 0.2) is 0 Å². The number of benzene rings is 1. The van der Waals surface area contributed by atoms with Gasteiger partial charge in [0, 0.05) is 22.5 Å². The van der Waals surface area contributed by atoms with Crippen molar-refractivity contribution >= 4 is 22.1 Å². The molecule has 0 atom stereocenters. The van der Waals surface area contributed by atoms with Gasteiger partial charge in [0.1, 0.15) is 5.58 Å². The van der Waals surface area contributed by atoms with Crippen molar-refractivity contribution in [2.75, 3.05) is 0 Å². The fraction of sp³-hybridized carbons (Fsp3) is 0.238. The van der Waals surface area contributed by atoms with Gasteiger partial charge in [0.05, 0.1) is 5.69 Å². The Balaban J connectivity index is 1.89. The summed E-state index contributed by atoms with van der Waals surface area (Å²) < 4.78 is 19.3. The number of rotatable bonds is 2. The lowest BCUT2D eigenvalue weighted by Crippen LogP contribution is -2.09. The maximum absolute atomic E-state index is 13.4. The fourth-order valence-electron chi connectivity index (χ4n) is 3.20. The van der Waals surface area contributed by atoms with E-state index in [0.717, 1.165) is 28.5 Å². The first-order chi connectivity index (χ1) is 11.9. The maximum atomic E-state index is 13.4. The van der Waals surface area contributed by atoms with Crippen LogP contribution in [0.5, 0.6) is 0 Å². The Bertz CT molecular complexity index is 1080. The highest BCUT2D eigenvalue weighted by Gasteiger charge is 2.16. The highest BCUT2D eigenvalue weighted by Crippen LogP contribution is 2.35. The number of nitrogens with zero attached hydrogens (tertiary/aromatic N) is 2. The van der Waals surface area contributed by atoms with E-state index in [4.69, 9.17) is 4.42 Å². The van der Waals surface area contributed by atoms with E-state index >= 15 is 0 Å². The molecule has 25 heavy (non-hydrogen) atoms. The number of pyridine rings is 2. The number of furan rings is 1. The Morgan fingerprint density at radius 2 is 1.88 bits per heavy atom. The standard InChI is InChI=1S/C21H19FN2O/c1-21(2,3)12-13-9-10-23-17(11-13)16-6-4-5-14-15-7-8-18(22)24-20(15)25-19(14)16/h4-11H,12H2,1-3H3. The van der Waals surface area contributed by atoms with Crippen LogP contribution in [-0.4, -0.2) is 9.97 Å². The summed E-state index contributed by atoms with van der Waals surface area (Å²) in [4.78, 5) is 8.38. The third kappa shape index (κ3) is 3.00. The second kappa shape index (κ2) is 5.66. The Labute approximate surface area is 145 Å². The van der Waals surface area contributed by atoms with Gasteiger partial charge in [-0.2, -0.15) is 9.37 Å². The van der Waals surface area contributed by atoms with Gasteiger partial charge in [-0.3, -0.25) is 4.98 Å². The number of hydrogen-bond acceptors (Lipinski definition) is 3. The third-order valence-corrected chi connectivity index (χ3v) is 4.16. The first kappa shape index (κ1) is 15.8. The van der Waals surface area contributed by atoms with Crippen molar-refractivity contribution in [2.24, 2.45) is 5.41 Å². The van der Waals surface area contributed by atoms with E-state index in [2.05, 4.69) is 36.8 Å². The van der Waals surface area contributed by atoms with Crippen LogP contribution in [0.4, 0.5) is 4.39 Å². The molecule has 0 N–H and O–H groups in total. The summed E-state index contributed by atoms with van der Waals surface area (Å²) in [6.45, 7) is 6.65. The summed E-state index contributed by atoms with van der Waals surface area (Å²) in [5.41, 5.74) is 4.18. The Morgan fingerprint density at radius 1 is 1.04 bits per heavy atom. The molecule has 0 aliphatic rings. The van der Waals surface area contributed by atoms with E-state index in [1.165, 1.54) is 11.6 Å². The zero-order chi connectivity index (χ0) is 17.6. The predicted octanol–water partition coefficient (Wildman–Crippen LogP) is 5.77. The van der Waals surface area contributed by atoms with E-state index in [1.54, 1.807) is 6.07 Å². The molecule has 0 amide bonds. The number of halogens is 1. The monoisotopic (exact) mass is 334 g/mol. The van der Waals surface area contributed by atoms with Gasteiger partial charge in [-0.25, -0.2) is 0 Å². The van der Waals surface area contributed by atoms with Crippen molar-refractivity contribution in [2.45, 2.75) is 27.2 Å². The van der Waals surface area contributed by atoms with Crippen LogP contribution in [0.3, 0.4) is 0 Å². The third-order valence-electron chi connectivity index (χ3n) is 4.16. The van der Waals surface area contributed by atoms with Crippen LogP contribution < -0.4 is 0 Å². The molecule has 126 valence electrons. The van der Waals surface area contributed by atoms with Crippen LogP contribution in [0.25, 0.3) is 33.3 Å². The molecule has 3 heterocycles. The molecular weight excluding hydrogens is 315 g/mol. The lowest BCUT2D eigenvalue weighted by atomic mass is 9.88. The Kier molecular flexibility index (Phi) is 3.57. The molecule has 4 rings (SSSR count). The Hall–Kier alpha value is -2.75. The summed E-state index contributed by atoms with van der Waals surface area (Å²) in [5.74, 6) is -0.543. The summed E-state index contributed by atoms with van der Waals surface area (Å²) in [5, 5.41) is 1.73. The minimum absolute atomic E-state index is 0.200. The first-order valence-electron chi connectivity index (χ1n) is 8.34. The van der Waals surface area contributed by atoms with Gasteiger partial charge < -0.3 is 4.42 Å². The second-order valence-electron chi connectivity index (χ2n) is 7.56. The van der Waals surface area contributed by atoms with Crippen molar-refractivity contribution in [3.05, 3.63) is 60.2 Å². The van der Waals surface area contributed by atoms with Crippen molar-refractivity contribution < 1.29 is 8.81 Å². The van der Waals surface area contributed by atoms with Crippen LogP contribution in [0.15, 0.2) is 53.1 Å². The minimum Gasteiger partial charge on any atom is -0.437 e. The zero-order valence-electron chi connectivity index (χ0n) is 14.5. The smallest absolute Gasteiger partial charge is 0.229 e. The SMILES string of the molecule is CC(C)(C)Cc1ccnc(-c2cccc3c2oc2nc(F)ccc23)c1. The van der Waals surface area contributed by atoms with Gasteiger partial charge in [-0.15, -0.1) is 0 Å². The van der Waals surface area contributed by atoms with Crippen molar-refractivity contribution in [1.29, 1.82) is 0 Å². The van der Waals surface area contributed by atoms with Crippen LogP contribution in [0.1, 0.15) is 26.3 Å². The van der Waals surface area contributed by atoms with Gasteiger partial charge in [-0.1, -0.05) is 32.9 Å². The van der Waals surface area contributed by atoms with Crippen LogP contribution in [0, 0.1) is 11.4 Å². The highest BCUT2D eigenvalue weighted by atomic mass is 19.1. The van der Waals surface area contributed by atoms with Crippen molar-refractivity contribution in [3.8, 4) is 11.3 Å². The molecule has 4 aromatic rings. The second-order valence-corrected chi connectivity index (χ2v) is 7.56. The van der Waals surface area contributed by atoms with Gasteiger partial charge >= 0.3 is 0 Å². The zero-order valence-corrected chi connectivity index (χ0v) is 14.5. The molecule has 0 radical (unpaired) electrons. The number of aromatic nitrogens is 2. The predicted molar refractivity (Wildman–Crippen MR) is 97.9 cm³/mol. The molecule has 0 spiro atoms. The summed E-state index contributed by atoms with van der Waals surface area (Å²) in [7, 11) is 0. The van der Waals surface area contributed by atoms with E-state index < -0.39 is 5.95 Å². The van der Waals surface area contributed by atoms with Crippen LogP contribution in [-0.2, 0) is 6.42 Å². The molecule has 0 saturated carbocycles. The van der Waals surface area contributed by atoms with E-state index in [-0.39, 0.29) is 5.41 Å². The average molecular weight is 334 g/mol. The lowest BCUT2D eigenvalue weighted by Gasteiger charge is -2.18. The summed E-state index contributed by atoms with van der Waals surface area (Å²) >= 11 is 0. The molecule has 0 unspecified atom stereocenters. The fourth-order valence-corrected chi connectivity index (χ4v) is 3.20. The molecule has 0 aliphatic carbocycles. The van der Waals surface area contributed by atoms with Crippen molar-refractivity contribution in [3.63, 3.8) is 0 Å². The van der Waals surface area contributed by atoms with Crippen LogP contribution in [0.2, 0.25) is 0 Å². The van der Waals surface area contributed by atoms with E-state index in [9.17, 15) is 4.39 Å². The molecule has 3 nitrogen and oxygen atoms in total. The van der Waals surface area contributed by atoms with Gasteiger partial charge in [-0.05, 0) is 47.7 Å². The molecular formula is C21H19FN2O. The maximum Gasteiger partial charge on any atom is 0.229 e. The van der Waals surface area contributed by atoms with E-state index in [1.807, 2.05) is 30.5 Å².